The minimum Gasteiger partial charge on any atom is -0.493 e. The first-order valence-corrected chi connectivity index (χ1v) is 9.31. The molecular weight excluding hydrogens is 390 g/mol. The fourth-order valence-corrected chi connectivity index (χ4v) is 4.15. The summed E-state index contributed by atoms with van der Waals surface area (Å²) in [5, 5.41) is 0.409. The lowest BCUT2D eigenvalue weighted by Gasteiger charge is -2.14. The van der Waals surface area contributed by atoms with Crippen molar-refractivity contribution in [1.82, 2.24) is 0 Å². The average molecular weight is 406 g/mol. The lowest BCUT2D eigenvalue weighted by Crippen LogP contribution is -2.27. The minimum absolute atomic E-state index is 0.158. The molecule has 1 aliphatic heterocycles. The van der Waals surface area contributed by atoms with Crippen LogP contribution in [0.1, 0.15) is 11.1 Å². The van der Waals surface area contributed by atoms with Gasteiger partial charge in [0.05, 0.1) is 29.8 Å². The lowest BCUT2D eigenvalue weighted by atomic mass is 10.1. The zero-order valence-electron chi connectivity index (χ0n) is 14.4. The van der Waals surface area contributed by atoms with Crippen molar-refractivity contribution in [3.8, 4) is 11.5 Å². The van der Waals surface area contributed by atoms with Gasteiger partial charge in [0.25, 0.3) is 5.91 Å². The third-order valence-electron chi connectivity index (χ3n) is 3.84. The average Bonchev–Trinajstić information content (AvgIpc) is 2.89. The van der Waals surface area contributed by atoms with Crippen LogP contribution in [0.5, 0.6) is 11.5 Å². The summed E-state index contributed by atoms with van der Waals surface area (Å²) in [5.74, 6) is 0.800. The standard InChI is InChI=1S/C19H16ClNO3S2/c1-11-4-6-13(7-5-11)21-18(22)16(26-19(21)25)10-12-8-14(20)17(24-3)15(9-12)23-2/h4-10H,1-3H3/b16-10+. The second-order valence-corrected chi connectivity index (χ2v) is 7.67. The molecule has 7 heteroatoms. The van der Waals surface area contributed by atoms with Crippen LogP contribution < -0.4 is 14.4 Å². The summed E-state index contributed by atoms with van der Waals surface area (Å²) in [6, 6.07) is 11.2. The Bertz CT molecular complexity index is 910. The number of aryl methyl sites for hydroxylation is 1. The van der Waals surface area contributed by atoms with Crippen LogP contribution in [-0.4, -0.2) is 24.4 Å². The molecule has 1 saturated heterocycles. The summed E-state index contributed by atoms with van der Waals surface area (Å²) in [4.78, 5) is 14.9. The van der Waals surface area contributed by atoms with Crippen LogP contribution >= 0.6 is 35.6 Å². The molecule has 2 aromatic carbocycles. The highest BCUT2D eigenvalue weighted by Crippen LogP contribution is 2.39. The minimum atomic E-state index is -0.158. The molecule has 4 nitrogen and oxygen atoms in total. The van der Waals surface area contributed by atoms with Crippen molar-refractivity contribution in [3.63, 3.8) is 0 Å². The molecule has 0 spiro atoms. The van der Waals surface area contributed by atoms with Crippen LogP contribution in [0, 0.1) is 6.92 Å². The van der Waals surface area contributed by atoms with E-state index in [0.717, 1.165) is 16.8 Å². The van der Waals surface area contributed by atoms with E-state index < -0.39 is 0 Å². The third-order valence-corrected chi connectivity index (χ3v) is 5.42. The molecule has 1 amide bonds. The number of ether oxygens (including phenoxy) is 2. The number of nitrogens with zero attached hydrogens (tertiary/aromatic N) is 1. The van der Waals surface area contributed by atoms with E-state index in [1.54, 1.807) is 18.2 Å². The third kappa shape index (κ3) is 3.58. The van der Waals surface area contributed by atoms with Gasteiger partial charge in [0.2, 0.25) is 0 Å². The Morgan fingerprint density at radius 2 is 1.85 bits per heavy atom. The number of methoxy groups -OCH3 is 2. The van der Waals surface area contributed by atoms with Crippen LogP contribution in [-0.2, 0) is 4.79 Å². The van der Waals surface area contributed by atoms with Crippen molar-refractivity contribution >= 4 is 57.6 Å². The number of carbonyl (C=O) groups is 1. The summed E-state index contributed by atoms with van der Waals surface area (Å²) < 4.78 is 11.0. The van der Waals surface area contributed by atoms with E-state index in [1.165, 1.54) is 30.9 Å². The first-order chi connectivity index (χ1) is 12.4. The van der Waals surface area contributed by atoms with Gasteiger partial charge in [-0.1, -0.05) is 53.3 Å². The number of thioether (sulfide) groups is 1. The molecule has 0 N–H and O–H groups in total. The topological polar surface area (TPSA) is 38.8 Å². The van der Waals surface area contributed by atoms with Gasteiger partial charge in [-0.15, -0.1) is 0 Å². The Labute approximate surface area is 166 Å². The number of halogens is 1. The van der Waals surface area contributed by atoms with Gasteiger partial charge >= 0.3 is 0 Å². The van der Waals surface area contributed by atoms with E-state index in [9.17, 15) is 4.79 Å². The highest BCUT2D eigenvalue weighted by atomic mass is 35.5. The molecule has 0 aliphatic carbocycles. The molecule has 0 radical (unpaired) electrons. The van der Waals surface area contributed by atoms with Crippen LogP contribution in [0.2, 0.25) is 5.02 Å². The first kappa shape index (κ1) is 18.8. The fourth-order valence-electron chi connectivity index (χ4n) is 2.56. The Morgan fingerprint density at radius 1 is 1.15 bits per heavy atom. The number of rotatable bonds is 4. The molecule has 1 aliphatic rings. The van der Waals surface area contributed by atoms with E-state index in [-0.39, 0.29) is 5.91 Å². The maximum absolute atomic E-state index is 12.8. The van der Waals surface area contributed by atoms with Crippen LogP contribution in [0.3, 0.4) is 0 Å². The summed E-state index contributed by atoms with van der Waals surface area (Å²) in [6.45, 7) is 1.99. The van der Waals surface area contributed by atoms with Crippen molar-refractivity contribution in [2.75, 3.05) is 19.1 Å². The first-order valence-electron chi connectivity index (χ1n) is 7.70. The van der Waals surface area contributed by atoms with E-state index in [4.69, 9.17) is 33.3 Å². The molecule has 0 aromatic heterocycles. The van der Waals surface area contributed by atoms with E-state index in [0.29, 0.717) is 25.7 Å². The molecule has 0 bridgehead atoms. The van der Waals surface area contributed by atoms with Crippen LogP contribution in [0.15, 0.2) is 41.3 Å². The molecular formula is C19H16ClNO3S2. The van der Waals surface area contributed by atoms with Gasteiger partial charge in [-0.05, 0) is 42.8 Å². The van der Waals surface area contributed by atoms with Crippen LogP contribution in [0.25, 0.3) is 6.08 Å². The van der Waals surface area contributed by atoms with Gasteiger partial charge in [0, 0.05) is 0 Å². The number of thiocarbonyl (C=S) groups is 1. The molecule has 0 saturated carbocycles. The number of anilines is 1. The summed E-state index contributed by atoms with van der Waals surface area (Å²) in [7, 11) is 3.06. The number of hydrogen-bond donors (Lipinski definition) is 0. The highest BCUT2D eigenvalue weighted by molar-refractivity contribution is 8.27. The predicted molar refractivity (Wildman–Crippen MR) is 111 cm³/mol. The van der Waals surface area contributed by atoms with Crippen molar-refractivity contribution in [1.29, 1.82) is 0 Å². The number of hydrogen-bond acceptors (Lipinski definition) is 5. The lowest BCUT2D eigenvalue weighted by molar-refractivity contribution is -0.113. The molecule has 26 heavy (non-hydrogen) atoms. The van der Waals surface area contributed by atoms with Gasteiger partial charge in [-0.25, -0.2) is 0 Å². The fraction of sp³-hybridized carbons (Fsp3) is 0.158. The Morgan fingerprint density at radius 3 is 2.46 bits per heavy atom. The second-order valence-electron chi connectivity index (χ2n) is 5.59. The molecule has 3 rings (SSSR count). The molecule has 134 valence electrons. The van der Waals surface area contributed by atoms with E-state index in [1.807, 2.05) is 31.2 Å². The van der Waals surface area contributed by atoms with Crippen molar-refractivity contribution in [3.05, 3.63) is 57.5 Å². The monoisotopic (exact) mass is 405 g/mol. The van der Waals surface area contributed by atoms with Gasteiger partial charge in [0.1, 0.15) is 0 Å². The largest absolute Gasteiger partial charge is 0.493 e. The molecule has 0 atom stereocenters. The number of carbonyl (C=O) groups excluding carboxylic acids is 1. The van der Waals surface area contributed by atoms with Crippen molar-refractivity contribution < 1.29 is 14.3 Å². The van der Waals surface area contributed by atoms with Crippen molar-refractivity contribution in [2.45, 2.75) is 6.92 Å². The van der Waals surface area contributed by atoms with Gasteiger partial charge in [0.15, 0.2) is 15.8 Å². The Balaban J connectivity index is 1.95. The predicted octanol–water partition coefficient (Wildman–Crippen LogP) is 5.07. The normalized spacial score (nSPS) is 15.7. The zero-order chi connectivity index (χ0) is 18.8. The highest BCUT2D eigenvalue weighted by Gasteiger charge is 2.33. The summed E-state index contributed by atoms with van der Waals surface area (Å²) in [6.07, 6.45) is 1.75. The van der Waals surface area contributed by atoms with Crippen molar-refractivity contribution in [2.24, 2.45) is 0 Å². The maximum Gasteiger partial charge on any atom is 0.270 e. The SMILES string of the molecule is COc1cc(/C=C2/SC(=S)N(c3ccc(C)cc3)C2=O)cc(Cl)c1OC. The van der Waals surface area contributed by atoms with Crippen LogP contribution in [0.4, 0.5) is 5.69 Å². The quantitative estimate of drug-likeness (QED) is 0.524. The van der Waals surface area contributed by atoms with Gasteiger partial charge < -0.3 is 9.47 Å². The molecule has 1 heterocycles. The zero-order valence-corrected chi connectivity index (χ0v) is 16.8. The Hall–Kier alpha value is -2.02. The second kappa shape index (κ2) is 7.70. The molecule has 2 aromatic rings. The maximum atomic E-state index is 12.8. The Kier molecular flexibility index (Phi) is 5.55. The van der Waals surface area contributed by atoms with Gasteiger partial charge in [-0.3, -0.25) is 9.69 Å². The summed E-state index contributed by atoms with van der Waals surface area (Å²) in [5.41, 5.74) is 2.61. The molecule has 0 unspecified atom stereocenters. The number of benzene rings is 2. The van der Waals surface area contributed by atoms with E-state index >= 15 is 0 Å². The number of amides is 1. The smallest absolute Gasteiger partial charge is 0.270 e. The summed E-state index contributed by atoms with van der Waals surface area (Å²) >= 11 is 12.9. The molecule has 1 fully saturated rings. The van der Waals surface area contributed by atoms with Gasteiger partial charge in [-0.2, -0.15) is 0 Å². The van der Waals surface area contributed by atoms with E-state index in [2.05, 4.69) is 0 Å².